The first-order valence-corrected chi connectivity index (χ1v) is 14.9. The van der Waals surface area contributed by atoms with Crippen LogP contribution in [-0.2, 0) is 54.8 Å². The Morgan fingerprint density at radius 1 is 0.488 bits per heavy atom. The van der Waals surface area contributed by atoms with Gasteiger partial charge in [-0.3, -0.25) is 0 Å². The van der Waals surface area contributed by atoms with E-state index in [4.69, 9.17) is 34.2 Å². The Morgan fingerprint density at radius 3 is 1.37 bits per heavy atom. The van der Waals surface area contributed by atoms with E-state index in [0.29, 0.717) is 39.6 Å². The van der Waals surface area contributed by atoms with Crippen molar-refractivity contribution in [3.8, 4) is 0 Å². The summed E-state index contributed by atoms with van der Waals surface area (Å²) in [5, 5.41) is 0. The standard InChI is InChI=1S/C36H41NO6/c37-21-22-39-36-35(42-26-31-19-11-4-12-20-31)34(41-25-30-17-9-3-10-18-30)33(40-24-29-15-7-2-8-16-29)32(43-36)27-38-23-28-13-5-1-6-14-28/h1-20,32-36H,21-27,37H2/t32?,33-,34?,35+,36?/m0/s1. The van der Waals surface area contributed by atoms with Crippen molar-refractivity contribution in [1.29, 1.82) is 0 Å². The molecule has 1 saturated heterocycles. The van der Waals surface area contributed by atoms with Crippen LogP contribution in [0.25, 0.3) is 0 Å². The van der Waals surface area contributed by atoms with Gasteiger partial charge in [-0.25, -0.2) is 0 Å². The van der Waals surface area contributed by atoms with Crippen molar-refractivity contribution in [2.24, 2.45) is 5.73 Å². The van der Waals surface area contributed by atoms with Crippen molar-refractivity contribution in [2.75, 3.05) is 19.8 Å². The van der Waals surface area contributed by atoms with E-state index in [1.165, 1.54) is 0 Å². The molecule has 1 fully saturated rings. The van der Waals surface area contributed by atoms with Crippen molar-refractivity contribution in [1.82, 2.24) is 0 Å². The van der Waals surface area contributed by atoms with Crippen molar-refractivity contribution in [2.45, 2.75) is 57.1 Å². The van der Waals surface area contributed by atoms with Gasteiger partial charge >= 0.3 is 0 Å². The molecule has 7 nitrogen and oxygen atoms in total. The van der Waals surface area contributed by atoms with Crippen molar-refractivity contribution in [3.05, 3.63) is 144 Å². The molecule has 43 heavy (non-hydrogen) atoms. The van der Waals surface area contributed by atoms with E-state index in [1.807, 2.05) is 121 Å². The Morgan fingerprint density at radius 2 is 0.907 bits per heavy atom. The van der Waals surface area contributed by atoms with Gasteiger partial charge in [0.1, 0.15) is 24.4 Å². The summed E-state index contributed by atoms with van der Waals surface area (Å²) in [6, 6.07) is 40.3. The fourth-order valence-electron chi connectivity index (χ4n) is 5.07. The van der Waals surface area contributed by atoms with Crippen LogP contribution in [0.3, 0.4) is 0 Å². The predicted molar refractivity (Wildman–Crippen MR) is 165 cm³/mol. The molecule has 226 valence electrons. The zero-order valence-electron chi connectivity index (χ0n) is 24.4. The molecule has 0 bridgehead atoms. The van der Waals surface area contributed by atoms with Gasteiger partial charge in [0.25, 0.3) is 0 Å². The topological polar surface area (TPSA) is 81.4 Å². The van der Waals surface area contributed by atoms with Crippen LogP contribution in [0.2, 0.25) is 0 Å². The van der Waals surface area contributed by atoms with Gasteiger partial charge in [0.05, 0.1) is 39.6 Å². The molecule has 0 aliphatic carbocycles. The van der Waals surface area contributed by atoms with Gasteiger partial charge in [-0.05, 0) is 22.3 Å². The van der Waals surface area contributed by atoms with Crippen LogP contribution in [0.5, 0.6) is 0 Å². The lowest BCUT2D eigenvalue weighted by Gasteiger charge is -2.45. The summed E-state index contributed by atoms with van der Waals surface area (Å²) in [7, 11) is 0. The third-order valence-corrected chi connectivity index (χ3v) is 7.24. The molecular formula is C36H41NO6. The Kier molecular flexibility index (Phi) is 12.3. The maximum Gasteiger partial charge on any atom is 0.187 e. The van der Waals surface area contributed by atoms with Crippen LogP contribution in [0.15, 0.2) is 121 Å². The van der Waals surface area contributed by atoms with Gasteiger partial charge in [-0.2, -0.15) is 0 Å². The number of rotatable bonds is 16. The van der Waals surface area contributed by atoms with E-state index in [-0.39, 0.29) is 6.61 Å². The first-order valence-electron chi connectivity index (χ1n) is 14.9. The molecule has 7 heteroatoms. The highest BCUT2D eigenvalue weighted by Crippen LogP contribution is 2.31. The molecule has 5 atom stereocenters. The number of hydrogen-bond donors (Lipinski definition) is 1. The van der Waals surface area contributed by atoms with Crippen molar-refractivity contribution < 1.29 is 28.4 Å². The molecule has 1 heterocycles. The molecule has 0 spiro atoms. The van der Waals surface area contributed by atoms with Crippen LogP contribution in [-0.4, -0.2) is 50.5 Å². The summed E-state index contributed by atoms with van der Waals surface area (Å²) in [4.78, 5) is 0. The van der Waals surface area contributed by atoms with E-state index in [9.17, 15) is 0 Å². The molecule has 2 N–H and O–H groups in total. The smallest absolute Gasteiger partial charge is 0.187 e. The summed E-state index contributed by atoms with van der Waals surface area (Å²) in [5.41, 5.74) is 10.1. The molecule has 1 aliphatic rings. The number of ether oxygens (including phenoxy) is 6. The van der Waals surface area contributed by atoms with E-state index in [2.05, 4.69) is 0 Å². The first-order chi connectivity index (χ1) is 21.3. The minimum Gasteiger partial charge on any atom is -0.374 e. The maximum absolute atomic E-state index is 6.68. The summed E-state index contributed by atoms with van der Waals surface area (Å²) in [6.07, 6.45) is -2.81. The fraction of sp³-hybridized carbons (Fsp3) is 0.333. The van der Waals surface area contributed by atoms with E-state index in [1.54, 1.807) is 0 Å². The minimum atomic E-state index is -0.727. The van der Waals surface area contributed by atoms with Gasteiger partial charge in [-0.1, -0.05) is 121 Å². The lowest BCUT2D eigenvalue weighted by Crippen LogP contribution is -2.62. The highest BCUT2D eigenvalue weighted by Gasteiger charge is 2.49. The summed E-state index contributed by atoms with van der Waals surface area (Å²) < 4.78 is 38.8. The monoisotopic (exact) mass is 583 g/mol. The zero-order valence-corrected chi connectivity index (χ0v) is 24.4. The number of nitrogens with two attached hydrogens (primary N) is 1. The average Bonchev–Trinajstić information content (AvgIpc) is 3.07. The van der Waals surface area contributed by atoms with Crippen LogP contribution in [0.1, 0.15) is 22.3 Å². The number of benzene rings is 4. The van der Waals surface area contributed by atoms with Crippen molar-refractivity contribution in [3.63, 3.8) is 0 Å². The molecule has 4 aromatic carbocycles. The third-order valence-electron chi connectivity index (χ3n) is 7.24. The second-order valence-corrected chi connectivity index (χ2v) is 10.5. The summed E-state index contributed by atoms with van der Waals surface area (Å²) in [6.45, 7) is 2.52. The Labute approximate surface area is 254 Å². The summed E-state index contributed by atoms with van der Waals surface area (Å²) >= 11 is 0. The molecule has 5 rings (SSSR count). The van der Waals surface area contributed by atoms with Crippen LogP contribution in [0, 0.1) is 0 Å². The average molecular weight is 584 g/mol. The van der Waals surface area contributed by atoms with E-state index >= 15 is 0 Å². The van der Waals surface area contributed by atoms with Gasteiger partial charge in [-0.15, -0.1) is 0 Å². The van der Waals surface area contributed by atoms with Crippen LogP contribution in [0.4, 0.5) is 0 Å². The quantitative estimate of drug-likeness (QED) is 0.182. The normalized spacial score (nSPS) is 21.9. The predicted octanol–water partition coefficient (Wildman–Crippen LogP) is 5.66. The molecular weight excluding hydrogens is 542 g/mol. The fourth-order valence-corrected chi connectivity index (χ4v) is 5.07. The highest BCUT2D eigenvalue weighted by molar-refractivity contribution is 5.16. The Hall–Kier alpha value is -3.40. The molecule has 0 radical (unpaired) electrons. The molecule has 0 saturated carbocycles. The molecule has 0 aromatic heterocycles. The minimum absolute atomic E-state index is 0.285. The van der Waals surface area contributed by atoms with Gasteiger partial charge in [0.15, 0.2) is 6.29 Å². The lowest BCUT2D eigenvalue weighted by molar-refractivity contribution is -0.327. The van der Waals surface area contributed by atoms with Gasteiger partial charge in [0.2, 0.25) is 0 Å². The van der Waals surface area contributed by atoms with Gasteiger partial charge in [0, 0.05) is 6.54 Å². The molecule has 0 amide bonds. The van der Waals surface area contributed by atoms with E-state index < -0.39 is 30.7 Å². The second kappa shape index (κ2) is 17.0. The highest BCUT2D eigenvalue weighted by atomic mass is 16.7. The van der Waals surface area contributed by atoms with Gasteiger partial charge < -0.3 is 34.2 Å². The largest absolute Gasteiger partial charge is 0.374 e. The first kappa shape index (κ1) is 31.0. The molecule has 3 unspecified atom stereocenters. The third kappa shape index (κ3) is 9.55. The lowest BCUT2D eigenvalue weighted by atomic mass is 9.97. The maximum atomic E-state index is 6.68. The Bertz CT molecular complexity index is 1290. The van der Waals surface area contributed by atoms with Crippen LogP contribution < -0.4 is 5.73 Å². The summed E-state index contributed by atoms with van der Waals surface area (Å²) in [5.74, 6) is 0. The number of hydrogen-bond acceptors (Lipinski definition) is 7. The second-order valence-electron chi connectivity index (χ2n) is 10.5. The molecule has 1 aliphatic heterocycles. The van der Waals surface area contributed by atoms with E-state index in [0.717, 1.165) is 22.3 Å². The molecule has 4 aromatic rings. The van der Waals surface area contributed by atoms with Crippen LogP contribution >= 0.6 is 0 Å². The van der Waals surface area contributed by atoms with Crippen molar-refractivity contribution >= 4 is 0 Å². The Balaban J connectivity index is 1.41. The SMILES string of the molecule is NCCOC1OC(COCc2ccccc2)[C@H](OCc2ccccc2)C(OCc2ccccc2)[C@H]1OCc1ccccc1. The zero-order chi connectivity index (χ0) is 29.5.